The molecule has 0 fully saturated rings. The highest BCUT2D eigenvalue weighted by molar-refractivity contribution is 5.95. The molecule has 0 aliphatic rings. The number of ether oxygens (including phenoxy) is 1. The molecule has 1 aromatic carbocycles. The van der Waals surface area contributed by atoms with Crippen molar-refractivity contribution in [1.29, 1.82) is 0 Å². The Labute approximate surface area is 139 Å². The van der Waals surface area contributed by atoms with Gasteiger partial charge in [0.05, 0.1) is 0 Å². The van der Waals surface area contributed by atoms with Crippen molar-refractivity contribution in [2.75, 3.05) is 13.1 Å². The van der Waals surface area contributed by atoms with Crippen LogP contribution in [-0.2, 0) is 4.79 Å². The van der Waals surface area contributed by atoms with E-state index in [0.717, 1.165) is 0 Å². The summed E-state index contributed by atoms with van der Waals surface area (Å²) in [4.78, 5) is 38.6. The highest BCUT2D eigenvalue weighted by atomic mass is 16.5. The molecule has 0 aliphatic heterocycles. The Balaban J connectivity index is 1.79. The van der Waals surface area contributed by atoms with E-state index in [-0.39, 0.29) is 24.9 Å². The van der Waals surface area contributed by atoms with Gasteiger partial charge in [0.2, 0.25) is 0 Å². The fraction of sp³-hybridized carbons (Fsp3) is 0.176. The lowest BCUT2D eigenvalue weighted by molar-refractivity contribution is -0.131. The van der Waals surface area contributed by atoms with Crippen LogP contribution in [0.25, 0.3) is 0 Å². The molecule has 0 unspecified atom stereocenters. The van der Waals surface area contributed by atoms with E-state index in [1.165, 1.54) is 25.4 Å². The number of hydrogen-bond donors (Lipinski definition) is 2. The maximum absolute atomic E-state index is 12.0. The molecular weight excluding hydrogens is 310 g/mol. The van der Waals surface area contributed by atoms with Gasteiger partial charge in [-0.2, -0.15) is 0 Å². The molecule has 7 heteroatoms. The number of carbonyl (C=O) groups is 3. The molecule has 7 nitrogen and oxygen atoms in total. The molecule has 2 amide bonds. The predicted octanol–water partition coefficient (Wildman–Crippen LogP) is 1.17. The van der Waals surface area contributed by atoms with Crippen molar-refractivity contribution >= 4 is 17.8 Å². The highest BCUT2D eigenvalue weighted by Gasteiger charge is 2.08. The van der Waals surface area contributed by atoms with Crippen LogP contribution in [0.3, 0.4) is 0 Å². The Morgan fingerprint density at radius 3 is 2.21 bits per heavy atom. The fourth-order valence-electron chi connectivity index (χ4n) is 1.93. The zero-order valence-electron chi connectivity index (χ0n) is 13.1. The van der Waals surface area contributed by atoms with Gasteiger partial charge in [-0.1, -0.05) is 6.07 Å². The van der Waals surface area contributed by atoms with E-state index in [2.05, 4.69) is 15.6 Å². The summed E-state index contributed by atoms with van der Waals surface area (Å²) in [5, 5.41) is 5.37. The third-order valence-electron chi connectivity index (χ3n) is 3.00. The fourth-order valence-corrected chi connectivity index (χ4v) is 1.93. The summed E-state index contributed by atoms with van der Waals surface area (Å²) < 4.78 is 4.93. The molecule has 0 saturated heterocycles. The maximum Gasteiger partial charge on any atom is 0.308 e. The molecule has 24 heavy (non-hydrogen) atoms. The molecule has 0 bridgehead atoms. The van der Waals surface area contributed by atoms with Crippen molar-refractivity contribution in [3.8, 4) is 5.75 Å². The summed E-state index contributed by atoms with van der Waals surface area (Å²) in [6.45, 7) is 1.85. The quantitative estimate of drug-likeness (QED) is 0.471. The third-order valence-corrected chi connectivity index (χ3v) is 3.00. The molecule has 2 N–H and O–H groups in total. The van der Waals surface area contributed by atoms with Crippen LogP contribution in [0.5, 0.6) is 5.75 Å². The highest BCUT2D eigenvalue weighted by Crippen LogP contribution is 2.13. The molecule has 2 aromatic rings. The molecule has 0 saturated carbocycles. The number of rotatable bonds is 6. The monoisotopic (exact) mass is 327 g/mol. The molecule has 0 aliphatic carbocycles. The lowest BCUT2D eigenvalue weighted by atomic mass is 10.2. The lowest BCUT2D eigenvalue weighted by Crippen LogP contribution is -2.34. The van der Waals surface area contributed by atoms with Crippen LogP contribution in [-0.4, -0.2) is 35.9 Å². The summed E-state index contributed by atoms with van der Waals surface area (Å²) in [7, 11) is 0. The van der Waals surface area contributed by atoms with Crippen molar-refractivity contribution in [3.63, 3.8) is 0 Å². The van der Waals surface area contributed by atoms with Crippen molar-refractivity contribution in [3.05, 3.63) is 59.9 Å². The largest absolute Gasteiger partial charge is 0.427 e. The van der Waals surface area contributed by atoms with Gasteiger partial charge >= 0.3 is 5.97 Å². The van der Waals surface area contributed by atoms with Crippen LogP contribution in [0.2, 0.25) is 0 Å². The van der Waals surface area contributed by atoms with Gasteiger partial charge in [-0.15, -0.1) is 0 Å². The first-order chi connectivity index (χ1) is 11.6. The van der Waals surface area contributed by atoms with E-state index in [0.29, 0.717) is 16.9 Å². The second kappa shape index (κ2) is 8.42. The molecule has 0 radical (unpaired) electrons. The van der Waals surface area contributed by atoms with Crippen LogP contribution in [0, 0.1) is 0 Å². The molecule has 124 valence electrons. The van der Waals surface area contributed by atoms with Gasteiger partial charge in [-0.25, -0.2) is 0 Å². The van der Waals surface area contributed by atoms with E-state index in [9.17, 15) is 14.4 Å². The van der Waals surface area contributed by atoms with E-state index >= 15 is 0 Å². The number of benzene rings is 1. The van der Waals surface area contributed by atoms with Gasteiger partial charge in [0.1, 0.15) is 5.75 Å². The standard InChI is InChI=1S/C17H17N3O4/c1-12(21)24-15-4-2-3-14(11-15)17(23)20-10-9-19-16(22)13-5-7-18-8-6-13/h2-8,11H,9-10H2,1H3,(H,19,22)(H,20,23). The molecule has 1 aromatic heterocycles. The van der Waals surface area contributed by atoms with Crippen molar-refractivity contribution < 1.29 is 19.1 Å². The zero-order chi connectivity index (χ0) is 17.4. The number of nitrogens with zero attached hydrogens (tertiary/aromatic N) is 1. The van der Waals surface area contributed by atoms with Crippen molar-refractivity contribution in [2.45, 2.75) is 6.92 Å². The summed E-state index contributed by atoms with van der Waals surface area (Å²) in [5.74, 6) is -0.696. The van der Waals surface area contributed by atoms with Crippen LogP contribution < -0.4 is 15.4 Å². The second-order valence-electron chi connectivity index (χ2n) is 4.87. The molecule has 0 atom stereocenters. The number of pyridine rings is 1. The van der Waals surface area contributed by atoms with E-state index in [1.807, 2.05) is 0 Å². The van der Waals surface area contributed by atoms with E-state index < -0.39 is 5.97 Å². The minimum Gasteiger partial charge on any atom is -0.427 e. The second-order valence-corrected chi connectivity index (χ2v) is 4.87. The first kappa shape index (κ1) is 17.1. The lowest BCUT2D eigenvalue weighted by Gasteiger charge is -2.08. The van der Waals surface area contributed by atoms with Crippen molar-refractivity contribution in [2.24, 2.45) is 0 Å². The Morgan fingerprint density at radius 1 is 0.958 bits per heavy atom. The number of esters is 1. The summed E-state index contributed by atoms with van der Waals surface area (Å²) in [6.07, 6.45) is 3.07. The topological polar surface area (TPSA) is 97.4 Å². The first-order valence-corrected chi connectivity index (χ1v) is 7.31. The van der Waals surface area contributed by atoms with E-state index in [1.54, 1.807) is 30.3 Å². The summed E-state index contributed by atoms with van der Waals surface area (Å²) >= 11 is 0. The Morgan fingerprint density at radius 2 is 1.58 bits per heavy atom. The normalized spacial score (nSPS) is 9.88. The summed E-state index contributed by atoms with van der Waals surface area (Å²) in [5.41, 5.74) is 0.875. The van der Waals surface area contributed by atoms with Gasteiger partial charge in [-0.05, 0) is 30.3 Å². The van der Waals surface area contributed by atoms with Crippen LogP contribution in [0.15, 0.2) is 48.8 Å². The smallest absolute Gasteiger partial charge is 0.308 e. The predicted molar refractivity (Wildman–Crippen MR) is 86.7 cm³/mol. The van der Waals surface area contributed by atoms with Crippen LogP contribution in [0.1, 0.15) is 27.6 Å². The van der Waals surface area contributed by atoms with Gasteiger partial charge in [-0.3, -0.25) is 19.4 Å². The van der Waals surface area contributed by atoms with Crippen molar-refractivity contribution in [1.82, 2.24) is 15.6 Å². The van der Waals surface area contributed by atoms with Crippen LogP contribution >= 0.6 is 0 Å². The Bertz CT molecular complexity index is 732. The number of carbonyl (C=O) groups excluding carboxylic acids is 3. The number of hydrogen-bond acceptors (Lipinski definition) is 5. The molecular formula is C17H17N3O4. The van der Waals surface area contributed by atoms with E-state index in [4.69, 9.17) is 4.74 Å². The van der Waals surface area contributed by atoms with Gasteiger partial charge < -0.3 is 15.4 Å². The Kier molecular flexibility index (Phi) is 6.01. The maximum atomic E-state index is 12.0. The SMILES string of the molecule is CC(=O)Oc1cccc(C(=O)NCCNC(=O)c2ccncc2)c1. The van der Waals surface area contributed by atoms with Gasteiger partial charge in [0.25, 0.3) is 11.8 Å². The molecule has 1 heterocycles. The first-order valence-electron chi connectivity index (χ1n) is 7.31. The number of nitrogens with one attached hydrogen (secondary N) is 2. The van der Waals surface area contributed by atoms with Crippen LogP contribution in [0.4, 0.5) is 0 Å². The number of aromatic nitrogens is 1. The van der Waals surface area contributed by atoms with Gasteiger partial charge in [0.15, 0.2) is 0 Å². The zero-order valence-corrected chi connectivity index (χ0v) is 13.1. The van der Waals surface area contributed by atoms with Gasteiger partial charge in [0, 0.05) is 43.5 Å². The number of amides is 2. The minimum absolute atomic E-state index is 0.233. The minimum atomic E-state index is -0.452. The molecule has 0 spiro atoms. The average molecular weight is 327 g/mol. The molecule has 2 rings (SSSR count). The average Bonchev–Trinajstić information content (AvgIpc) is 2.58. The third kappa shape index (κ3) is 5.20. The Hall–Kier alpha value is -3.22. The summed E-state index contributed by atoms with van der Waals surface area (Å²) in [6, 6.07) is 9.51.